The van der Waals surface area contributed by atoms with Crippen molar-refractivity contribution >= 4 is 17.3 Å². The Labute approximate surface area is 101 Å². The number of hydrogen-bond donors (Lipinski definition) is 1. The van der Waals surface area contributed by atoms with E-state index < -0.39 is 11.5 Å². The van der Waals surface area contributed by atoms with Gasteiger partial charge < -0.3 is 9.67 Å². The Bertz CT molecular complexity index is 602. The van der Waals surface area contributed by atoms with Gasteiger partial charge in [-0.15, -0.1) is 11.3 Å². The molecular formula is C11H10N2O3S. The standard InChI is InChI=1S/C11H10N2O3S/c1-7-2-3-9(11(15)16)10(14)13(7)5-8-4-12-6-17-8/h2-4,6H,5H2,1H3,(H,15,16). The van der Waals surface area contributed by atoms with E-state index in [4.69, 9.17) is 5.11 Å². The smallest absolute Gasteiger partial charge is 0.341 e. The quantitative estimate of drug-likeness (QED) is 0.892. The summed E-state index contributed by atoms with van der Waals surface area (Å²) in [5.41, 5.74) is 1.72. The molecule has 0 bridgehead atoms. The van der Waals surface area contributed by atoms with Gasteiger partial charge in [-0.1, -0.05) is 0 Å². The van der Waals surface area contributed by atoms with Crippen LogP contribution in [0.2, 0.25) is 0 Å². The Morgan fingerprint density at radius 3 is 2.88 bits per heavy atom. The normalized spacial score (nSPS) is 10.4. The van der Waals surface area contributed by atoms with Crippen LogP contribution in [-0.2, 0) is 6.54 Å². The number of aromatic carboxylic acids is 1. The molecule has 17 heavy (non-hydrogen) atoms. The number of pyridine rings is 1. The molecule has 0 spiro atoms. The third-order valence-electron chi connectivity index (χ3n) is 2.42. The summed E-state index contributed by atoms with van der Waals surface area (Å²) in [5.74, 6) is -1.20. The fourth-order valence-electron chi connectivity index (χ4n) is 1.51. The molecule has 2 rings (SSSR count). The SMILES string of the molecule is Cc1ccc(C(=O)O)c(=O)n1Cc1cncs1. The van der Waals surface area contributed by atoms with Gasteiger partial charge in [0.25, 0.3) is 5.56 Å². The zero-order chi connectivity index (χ0) is 12.4. The van der Waals surface area contributed by atoms with Gasteiger partial charge >= 0.3 is 5.97 Å². The highest BCUT2D eigenvalue weighted by molar-refractivity contribution is 7.09. The Balaban J connectivity index is 2.49. The van der Waals surface area contributed by atoms with Crippen molar-refractivity contribution in [2.24, 2.45) is 0 Å². The Morgan fingerprint density at radius 1 is 1.53 bits per heavy atom. The van der Waals surface area contributed by atoms with Gasteiger partial charge in [0.05, 0.1) is 12.1 Å². The summed E-state index contributed by atoms with van der Waals surface area (Å²) in [4.78, 5) is 27.6. The number of aryl methyl sites for hydroxylation is 1. The van der Waals surface area contributed by atoms with Crippen molar-refractivity contribution in [1.82, 2.24) is 9.55 Å². The molecule has 0 radical (unpaired) electrons. The largest absolute Gasteiger partial charge is 0.477 e. The summed E-state index contributed by atoms with van der Waals surface area (Å²) in [7, 11) is 0. The lowest BCUT2D eigenvalue weighted by Crippen LogP contribution is -2.27. The second-order valence-electron chi connectivity index (χ2n) is 3.55. The number of rotatable bonds is 3. The topological polar surface area (TPSA) is 72.2 Å². The van der Waals surface area contributed by atoms with E-state index in [9.17, 15) is 9.59 Å². The summed E-state index contributed by atoms with van der Waals surface area (Å²) >= 11 is 1.43. The first-order valence-corrected chi connectivity index (χ1v) is 5.78. The van der Waals surface area contributed by atoms with Gasteiger partial charge in [0.1, 0.15) is 5.56 Å². The molecule has 0 amide bonds. The average molecular weight is 250 g/mol. The zero-order valence-corrected chi connectivity index (χ0v) is 9.90. The number of aromatic nitrogens is 2. The molecule has 0 aliphatic heterocycles. The molecule has 1 N–H and O–H groups in total. The van der Waals surface area contributed by atoms with E-state index in [-0.39, 0.29) is 5.56 Å². The third kappa shape index (κ3) is 2.26. The minimum Gasteiger partial charge on any atom is -0.477 e. The van der Waals surface area contributed by atoms with Crippen molar-refractivity contribution in [3.05, 3.63) is 50.3 Å². The second-order valence-corrected chi connectivity index (χ2v) is 4.52. The fourth-order valence-corrected chi connectivity index (χ4v) is 2.09. The zero-order valence-electron chi connectivity index (χ0n) is 9.08. The maximum atomic E-state index is 11.9. The maximum Gasteiger partial charge on any atom is 0.341 e. The van der Waals surface area contributed by atoms with Crippen LogP contribution in [0.3, 0.4) is 0 Å². The Morgan fingerprint density at radius 2 is 2.29 bits per heavy atom. The van der Waals surface area contributed by atoms with Crippen LogP contribution in [0.1, 0.15) is 20.9 Å². The number of carboxylic acids is 1. The minimum absolute atomic E-state index is 0.208. The number of carbonyl (C=O) groups is 1. The molecule has 0 aromatic carbocycles. The molecule has 88 valence electrons. The van der Waals surface area contributed by atoms with Crippen LogP contribution in [0.15, 0.2) is 28.6 Å². The van der Waals surface area contributed by atoms with E-state index in [2.05, 4.69) is 4.98 Å². The molecule has 5 nitrogen and oxygen atoms in total. The van der Waals surface area contributed by atoms with Gasteiger partial charge in [0.15, 0.2) is 0 Å². The van der Waals surface area contributed by atoms with Crippen LogP contribution in [0.5, 0.6) is 0 Å². The van der Waals surface area contributed by atoms with Crippen molar-refractivity contribution in [1.29, 1.82) is 0 Å². The number of hydrogen-bond acceptors (Lipinski definition) is 4. The van der Waals surface area contributed by atoms with Crippen LogP contribution in [0.25, 0.3) is 0 Å². The van der Waals surface area contributed by atoms with Gasteiger partial charge in [-0.3, -0.25) is 9.78 Å². The van der Waals surface area contributed by atoms with Crippen molar-refractivity contribution in [2.45, 2.75) is 13.5 Å². The van der Waals surface area contributed by atoms with Crippen molar-refractivity contribution in [3.8, 4) is 0 Å². The van der Waals surface area contributed by atoms with Gasteiger partial charge in [-0.05, 0) is 19.1 Å². The van der Waals surface area contributed by atoms with E-state index in [1.54, 1.807) is 24.7 Å². The van der Waals surface area contributed by atoms with E-state index in [1.165, 1.54) is 22.0 Å². The van der Waals surface area contributed by atoms with Crippen molar-refractivity contribution < 1.29 is 9.90 Å². The first-order chi connectivity index (χ1) is 8.09. The van der Waals surface area contributed by atoms with Crippen LogP contribution in [0, 0.1) is 6.92 Å². The first kappa shape index (κ1) is 11.5. The van der Waals surface area contributed by atoms with Gasteiger partial charge in [0, 0.05) is 16.8 Å². The monoisotopic (exact) mass is 250 g/mol. The molecule has 0 saturated carbocycles. The molecule has 0 aliphatic carbocycles. The Kier molecular flexibility index (Phi) is 3.06. The van der Waals surface area contributed by atoms with Gasteiger partial charge in [0.2, 0.25) is 0 Å². The summed E-state index contributed by atoms with van der Waals surface area (Å²) in [6.07, 6.45) is 1.67. The maximum absolute atomic E-state index is 11.9. The predicted octanol–water partition coefficient (Wildman–Crippen LogP) is 1.36. The predicted molar refractivity (Wildman–Crippen MR) is 63.6 cm³/mol. The first-order valence-electron chi connectivity index (χ1n) is 4.90. The molecule has 6 heteroatoms. The molecule has 0 unspecified atom stereocenters. The lowest BCUT2D eigenvalue weighted by atomic mass is 10.2. The molecule has 0 fully saturated rings. The van der Waals surface area contributed by atoms with E-state index in [0.29, 0.717) is 6.54 Å². The van der Waals surface area contributed by atoms with E-state index >= 15 is 0 Å². The highest BCUT2D eigenvalue weighted by atomic mass is 32.1. The van der Waals surface area contributed by atoms with Crippen LogP contribution in [0.4, 0.5) is 0 Å². The lowest BCUT2D eigenvalue weighted by Gasteiger charge is -2.08. The van der Waals surface area contributed by atoms with Gasteiger partial charge in [-0.25, -0.2) is 4.79 Å². The van der Waals surface area contributed by atoms with Crippen molar-refractivity contribution in [3.63, 3.8) is 0 Å². The summed E-state index contributed by atoms with van der Waals surface area (Å²) in [6, 6.07) is 2.97. The van der Waals surface area contributed by atoms with Crippen molar-refractivity contribution in [2.75, 3.05) is 0 Å². The summed E-state index contributed by atoms with van der Waals surface area (Å²) in [5, 5.41) is 8.88. The van der Waals surface area contributed by atoms with Gasteiger partial charge in [-0.2, -0.15) is 0 Å². The molecule has 0 aliphatic rings. The highest BCUT2D eigenvalue weighted by Crippen LogP contribution is 2.09. The van der Waals surface area contributed by atoms with E-state index in [1.807, 2.05) is 0 Å². The molecule has 2 aromatic rings. The number of carboxylic acid groups (broad SMARTS) is 1. The highest BCUT2D eigenvalue weighted by Gasteiger charge is 2.12. The second kappa shape index (κ2) is 4.50. The fraction of sp³-hybridized carbons (Fsp3) is 0.182. The number of thiazole rings is 1. The molecule has 2 heterocycles. The third-order valence-corrected chi connectivity index (χ3v) is 3.18. The lowest BCUT2D eigenvalue weighted by molar-refractivity contribution is 0.0694. The summed E-state index contributed by atoms with van der Waals surface area (Å²) < 4.78 is 1.44. The average Bonchev–Trinajstić information content (AvgIpc) is 2.76. The molecule has 0 saturated heterocycles. The Hall–Kier alpha value is -1.95. The van der Waals surface area contributed by atoms with Crippen LogP contribution >= 0.6 is 11.3 Å². The van der Waals surface area contributed by atoms with Crippen LogP contribution < -0.4 is 5.56 Å². The summed E-state index contributed by atoms with van der Waals surface area (Å²) in [6.45, 7) is 2.13. The number of nitrogens with zero attached hydrogens (tertiary/aromatic N) is 2. The van der Waals surface area contributed by atoms with Crippen LogP contribution in [-0.4, -0.2) is 20.6 Å². The molecule has 2 aromatic heterocycles. The minimum atomic E-state index is -1.20. The molecule has 0 atom stereocenters. The van der Waals surface area contributed by atoms with E-state index in [0.717, 1.165) is 10.6 Å². The molecular weight excluding hydrogens is 240 g/mol.